The largest absolute Gasteiger partial charge is 0.595 e. The van der Waals surface area contributed by atoms with E-state index in [0.717, 1.165) is 24.1 Å². The molecule has 0 spiro atoms. The molecule has 2 atom stereocenters. The fourth-order valence-electron chi connectivity index (χ4n) is 3.58. The fourth-order valence-corrected chi connectivity index (χ4v) is 3.58. The molecule has 2 aromatic carbocycles. The standard InChI is InChI=1S/C21H24N2O4/c1-14-8-10-17-13-20(23(26)27)18(11-9-15(2)24)12-19(17)22(14)21(25)16-6-4-3-5-7-16/h3-7,12-14,23,26H,8-11H2,1-2H3. The minimum absolute atomic E-state index is 0.00893. The molecule has 1 aliphatic rings. The lowest BCUT2D eigenvalue weighted by molar-refractivity contribution is -0.991. The van der Waals surface area contributed by atoms with Crippen molar-refractivity contribution in [2.45, 2.75) is 45.6 Å². The number of hydrogen-bond donors (Lipinski definition) is 2. The third kappa shape index (κ3) is 4.08. The Morgan fingerprint density at radius 2 is 1.96 bits per heavy atom. The Hall–Kier alpha value is -2.54. The quantitative estimate of drug-likeness (QED) is 0.795. The van der Waals surface area contributed by atoms with E-state index in [-0.39, 0.29) is 29.8 Å². The second kappa shape index (κ2) is 8.00. The molecule has 2 aromatic rings. The summed E-state index contributed by atoms with van der Waals surface area (Å²) < 4.78 is 0. The van der Waals surface area contributed by atoms with Gasteiger partial charge in [0.15, 0.2) is 5.69 Å². The molecular weight excluding hydrogens is 344 g/mol. The van der Waals surface area contributed by atoms with Crippen molar-refractivity contribution in [3.8, 4) is 0 Å². The van der Waals surface area contributed by atoms with Crippen LogP contribution in [0.15, 0.2) is 42.5 Å². The average Bonchev–Trinajstić information content (AvgIpc) is 2.65. The molecule has 0 radical (unpaired) electrons. The van der Waals surface area contributed by atoms with Crippen LogP contribution >= 0.6 is 0 Å². The van der Waals surface area contributed by atoms with Gasteiger partial charge < -0.3 is 14.9 Å². The highest BCUT2D eigenvalue weighted by molar-refractivity contribution is 6.07. The molecule has 0 aromatic heterocycles. The number of ketones is 1. The molecule has 1 amide bonds. The van der Waals surface area contributed by atoms with Gasteiger partial charge in [-0.15, -0.1) is 0 Å². The minimum Gasteiger partial charge on any atom is -0.595 e. The number of hydrogen-bond acceptors (Lipinski definition) is 4. The Balaban J connectivity index is 2.06. The first-order chi connectivity index (χ1) is 12.9. The van der Waals surface area contributed by atoms with Gasteiger partial charge in [0.2, 0.25) is 0 Å². The van der Waals surface area contributed by atoms with Gasteiger partial charge in [-0.05, 0) is 56.9 Å². The highest BCUT2D eigenvalue weighted by Gasteiger charge is 2.31. The number of quaternary nitrogens is 1. The number of benzene rings is 2. The van der Waals surface area contributed by atoms with Crippen molar-refractivity contribution in [2.24, 2.45) is 0 Å². The molecule has 2 N–H and O–H groups in total. The first-order valence-corrected chi connectivity index (χ1v) is 9.15. The number of carbonyl (C=O) groups excluding carboxylic acids is 2. The van der Waals surface area contributed by atoms with E-state index in [0.29, 0.717) is 17.5 Å². The topological polar surface area (TPSA) is 85.1 Å². The number of nitrogens with zero attached hydrogens (tertiary/aromatic N) is 1. The van der Waals surface area contributed by atoms with Crippen molar-refractivity contribution in [2.75, 3.05) is 4.90 Å². The molecule has 142 valence electrons. The van der Waals surface area contributed by atoms with Gasteiger partial charge in [0, 0.05) is 35.3 Å². The minimum atomic E-state index is -1.00. The van der Waals surface area contributed by atoms with Crippen molar-refractivity contribution < 1.29 is 20.0 Å². The van der Waals surface area contributed by atoms with Crippen LogP contribution in [0.2, 0.25) is 0 Å². The van der Waals surface area contributed by atoms with Gasteiger partial charge in [0.1, 0.15) is 5.78 Å². The van der Waals surface area contributed by atoms with Gasteiger partial charge in [-0.2, -0.15) is 5.23 Å². The molecule has 2 unspecified atom stereocenters. The van der Waals surface area contributed by atoms with Crippen molar-refractivity contribution in [3.05, 3.63) is 64.4 Å². The molecule has 27 heavy (non-hydrogen) atoms. The number of carbonyl (C=O) groups is 2. The maximum absolute atomic E-state index is 13.1. The summed E-state index contributed by atoms with van der Waals surface area (Å²) in [4.78, 5) is 26.3. The predicted molar refractivity (Wildman–Crippen MR) is 102 cm³/mol. The molecular formula is C21H24N2O4. The Kier molecular flexibility index (Phi) is 5.70. The molecule has 0 saturated heterocycles. The highest BCUT2D eigenvalue weighted by atomic mass is 16.8. The van der Waals surface area contributed by atoms with Gasteiger partial charge >= 0.3 is 0 Å². The number of Topliss-reactive ketones (excluding diaryl/α,β-unsaturated/α-hetero) is 1. The van der Waals surface area contributed by atoms with Crippen LogP contribution in [0.5, 0.6) is 0 Å². The maximum Gasteiger partial charge on any atom is 0.258 e. The van der Waals surface area contributed by atoms with E-state index in [1.54, 1.807) is 29.2 Å². The van der Waals surface area contributed by atoms with Crippen LogP contribution in [-0.2, 0) is 17.6 Å². The lowest BCUT2D eigenvalue weighted by Gasteiger charge is -2.36. The third-order valence-electron chi connectivity index (χ3n) is 5.05. The van der Waals surface area contributed by atoms with Crippen LogP contribution in [0, 0.1) is 5.21 Å². The van der Waals surface area contributed by atoms with Crippen LogP contribution in [0.3, 0.4) is 0 Å². The predicted octanol–water partition coefficient (Wildman–Crippen LogP) is 2.59. The van der Waals surface area contributed by atoms with Gasteiger partial charge in [0.25, 0.3) is 5.91 Å². The summed E-state index contributed by atoms with van der Waals surface area (Å²) in [5.41, 5.74) is 3.03. The summed E-state index contributed by atoms with van der Waals surface area (Å²) >= 11 is 0. The molecule has 0 saturated carbocycles. The lowest BCUT2D eigenvalue weighted by atomic mass is 9.92. The maximum atomic E-state index is 13.1. The molecule has 6 nitrogen and oxygen atoms in total. The van der Waals surface area contributed by atoms with Crippen LogP contribution in [0.1, 0.15) is 48.2 Å². The summed E-state index contributed by atoms with van der Waals surface area (Å²) in [5.74, 6) is -0.0840. The van der Waals surface area contributed by atoms with Gasteiger partial charge in [-0.1, -0.05) is 18.2 Å². The molecule has 3 rings (SSSR count). The number of anilines is 1. The Morgan fingerprint density at radius 1 is 1.26 bits per heavy atom. The van der Waals surface area contributed by atoms with Crippen LogP contribution in [-0.4, -0.2) is 22.9 Å². The Labute approximate surface area is 158 Å². The Bertz CT molecular complexity index is 849. The van der Waals surface area contributed by atoms with E-state index in [4.69, 9.17) is 0 Å². The smallest absolute Gasteiger partial charge is 0.258 e. The van der Waals surface area contributed by atoms with Gasteiger partial charge in [-0.25, -0.2) is 5.21 Å². The zero-order valence-electron chi connectivity index (χ0n) is 15.6. The van der Waals surface area contributed by atoms with E-state index in [9.17, 15) is 20.0 Å². The highest BCUT2D eigenvalue weighted by Crippen LogP contribution is 2.35. The first-order valence-electron chi connectivity index (χ1n) is 9.15. The molecule has 1 aliphatic heterocycles. The Morgan fingerprint density at radius 3 is 2.59 bits per heavy atom. The molecule has 0 aliphatic carbocycles. The van der Waals surface area contributed by atoms with Crippen LogP contribution in [0.25, 0.3) is 0 Å². The number of aryl methyl sites for hydroxylation is 2. The van der Waals surface area contributed by atoms with Crippen molar-refractivity contribution in [1.82, 2.24) is 0 Å². The summed E-state index contributed by atoms with van der Waals surface area (Å²) in [6.07, 6.45) is 2.13. The SMILES string of the molecule is CC(=O)CCc1cc2c(cc1[NH+]([O-])O)CCC(C)N2C(=O)c1ccccc1. The number of fused-ring (bicyclic) bond motifs is 1. The van der Waals surface area contributed by atoms with Gasteiger partial charge in [0.05, 0.1) is 0 Å². The fraction of sp³-hybridized carbons (Fsp3) is 0.333. The van der Waals surface area contributed by atoms with E-state index in [2.05, 4.69) is 0 Å². The zero-order chi connectivity index (χ0) is 19.6. The average molecular weight is 368 g/mol. The van der Waals surface area contributed by atoms with Crippen molar-refractivity contribution in [3.63, 3.8) is 0 Å². The molecule has 1 heterocycles. The normalized spacial score (nSPS) is 17.3. The number of nitrogens with one attached hydrogen (secondary N) is 1. The molecule has 0 bridgehead atoms. The molecule has 6 heteroatoms. The van der Waals surface area contributed by atoms with E-state index < -0.39 is 5.23 Å². The number of amides is 1. The first kappa shape index (κ1) is 19.2. The second-order valence-corrected chi connectivity index (χ2v) is 7.07. The zero-order valence-corrected chi connectivity index (χ0v) is 15.6. The van der Waals surface area contributed by atoms with E-state index in [1.807, 2.05) is 25.1 Å². The summed E-state index contributed by atoms with van der Waals surface area (Å²) in [5, 5.41) is 20.3. The van der Waals surface area contributed by atoms with Crippen LogP contribution in [0.4, 0.5) is 11.4 Å². The monoisotopic (exact) mass is 368 g/mol. The summed E-state index contributed by atoms with van der Waals surface area (Å²) in [6.45, 7) is 3.50. The third-order valence-corrected chi connectivity index (χ3v) is 5.05. The second-order valence-electron chi connectivity index (χ2n) is 7.07. The van der Waals surface area contributed by atoms with E-state index in [1.165, 1.54) is 6.92 Å². The summed E-state index contributed by atoms with van der Waals surface area (Å²) in [6, 6.07) is 12.6. The number of rotatable bonds is 5. The lowest BCUT2D eigenvalue weighted by Crippen LogP contribution is -2.99. The van der Waals surface area contributed by atoms with Crippen molar-refractivity contribution in [1.29, 1.82) is 0 Å². The molecule has 0 fully saturated rings. The van der Waals surface area contributed by atoms with Crippen LogP contribution < -0.4 is 10.1 Å². The van der Waals surface area contributed by atoms with Gasteiger partial charge in [-0.3, -0.25) is 4.79 Å². The van der Waals surface area contributed by atoms with Crippen molar-refractivity contribution >= 4 is 23.1 Å². The van der Waals surface area contributed by atoms with E-state index >= 15 is 0 Å². The summed E-state index contributed by atoms with van der Waals surface area (Å²) in [7, 11) is 0.